The van der Waals surface area contributed by atoms with E-state index in [4.69, 9.17) is 9.47 Å². The molecule has 0 radical (unpaired) electrons. The van der Waals surface area contributed by atoms with Gasteiger partial charge < -0.3 is 20.1 Å². The Bertz CT molecular complexity index is 816. The van der Waals surface area contributed by atoms with Gasteiger partial charge in [-0.3, -0.25) is 14.3 Å². The molecule has 2 heterocycles. The Morgan fingerprint density at radius 2 is 1.96 bits per heavy atom. The number of rotatable bonds is 7. The topological polar surface area (TPSA) is 94.5 Å². The second kappa shape index (κ2) is 7.90. The van der Waals surface area contributed by atoms with Gasteiger partial charge in [0.25, 0.3) is 5.91 Å². The number of carbonyl (C=O) groups excluding carboxylic acids is 2. The highest BCUT2D eigenvalue weighted by atomic mass is 16.7. The molecule has 1 aromatic carbocycles. The Balaban J connectivity index is 1.37. The second-order valence-corrected chi connectivity index (χ2v) is 6.10. The van der Waals surface area contributed by atoms with E-state index in [1.807, 2.05) is 24.6 Å². The lowest BCUT2D eigenvalue weighted by molar-refractivity contribution is -0.120. The van der Waals surface area contributed by atoms with Crippen LogP contribution in [0.25, 0.3) is 0 Å². The third kappa shape index (κ3) is 4.33. The first-order valence-electron chi connectivity index (χ1n) is 8.48. The molecular weight excluding hydrogens is 336 g/mol. The molecule has 0 aliphatic carbocycles. The van der Waals surface area contributed by atoms with Crippen molar-refractivity contribution in [3.05, 3.63) is 41.2 Å². The van der Waals surface area contributed by atoms with Crippen LogP contribution < -0.4 is 20.1 Å². The summed E-state index contributed by atoms with van der Waals surface area (Å²) in [5.41, 5.74) is 2.51. The van der Waals surface area contributed by atoms with E-state index in [0.717, 1.165) is 24.4 Å². The van der Waals surface area contributed by atoms with E-state index in [-0.39, 0.29) is 25.2 Å². The predicted molar refractivity (Wildman–Crippen MR) is 94.2 cm³/mol. The zero-order valence-corrected chi connectivity index (χ0v) is 14.9. The zero-order chi connectivity index (χ0) is 18.5. The lowest BCUT2D eigenvalue weighted by Crippen LogP contribution is -2.37. The Hall–Kier alpha value is -3.03. The molecule has 138 valence electrons. The molecule has 0 spiro atoms. The van der Waals surface area contributed by atoms with E-state index < -0.39 is 0 Å². The number of nitrogens with zero attached hydrogens (tertiary/aromatic N) is 2. The highest BCUT2D eigenvalue weighted by Gasteiger charge is 2.16. The molecule has 0 saturated heterocycles. The molecule has 0 saturated carbocycles. The number of amides is 2. The lowest BCUT2D eigenvalue weighted by atomic mass is 10.2. The summed E-state index contributed by atoms with van der Waals surface area (Å²) in [5.74, 6) is 0.585. The summed E-state index contributed by atoms with van der Waals surface area (Å²) in [6.07, 6.45) is 0.768. The SMILES string of the molecule is Cc1cc(C)n(CCCNC(=O)CNC(=O)c2ccc3c(c2)OCO3)n1. The molecule has 2 aromatic rings. The first-order chi connectivity index (χ1) is 12.5. The standard InChI is InChI=1S/C18H22N4O4/c1-12-8-13(2)22(21-12)7-3-6-19-17(23)10-20-18(24)14-4-5-15-16(9-14)26-11-25-15/h4-5,8-9H,3,6-7,10-11H2,1-2H3,(H,19,23)(H,20,24). The summed E-state index contributed by atoms with van der Waals surface area (Å²) in [6, 6.07) is 6.93. The number of hydrogen-bond acceptors (Lipinski definition) is 5. The second-order valence-electron chi connectivity index (χ2n) is 6.10. The smallest absolute Gasteiger partial charge is 0.251 e. The third-order valence-electron chi connectivity index (χ3n) is 4.02. The Morgan fingerprint density at radius 1 is 1.15 bits per heavy atom. The van der Waals surface area contributed by atoms with Crippen molar-refractivity contribution in [2.24, 2.45) is 0 Å². The average Bonchev–Trinajstić information content (AvgIpc) is 3.21. The van der Waals surface area contributed by atoms with Gasteiger partial charge in [-0.2, -0.15) is 5.10 Å². The molecule has 0 fully saturated rings. The molecule has 0 unspecified atom stereocenters. The van der Waals surface area contributed by atoms with Gasteiger partial charge in [0.15, 0.2) is 11.5 Å². The van der Waals surface area contributed by atoms with Gasteiger partial charge in [-0.1, -0.05) is 0 Å². The first kappa shape index (κ1) is 17.8. The molecule has 0 atom stereocenters. The Labute approximate surface area is 151 Å². The van der Waals surface area contributed by atoms with Crippen molar-refractivity contribution in [2.75, 3.05) is 19.9 Å². The summed E-state index contributed by atoms with van der Waals surface area (Å²) >= 11 is 0. The Morgan fingerprint density at radius 3 is 2.73 bits per heavy atom. The van der Waals surface area contributed by atoms with E-state index in [9.17, 15) is 9.59 Å². The number of fused-ring (bicyclic) bond motifs is 1. The van der Waals surface area contributed by atoms with Gasteiger partial charge in [-0.25, -0.2) is 0 Å². The lowest BCUT2D eigenvalue weighted by Gasteiger charge is -2.08. The minimum atomic E-state index is -0.332. The number of benzene rings is 1. The molecule has 1 aliphatic heterocycles. The van der Waals surface area contributed by atoms with Crippen LogP contribution >= 0.6 is 0 Å². The fourth-order valence-corrected chi connectivity index (χ4v) is 2.72. The molecule has 8 nitrogen and oxygen atoms in total. The summed E-state index contributed by atoms with van der Waals surface area (Å²) in [7, 11) is 0. The van der Waals surface area contributed by atoms with E-state index >= 15 is 0 Å². The van der Waals surface area contributed by atoms with Crippen LogP contribution in [0.5, 0.6) is 11.5 Å². The Kier molecular flexibility index (Phi) is 5.40. The number of ether oxygens (including phenoxy) is 2. The molecule has 1 aromatic heterocycles. The molecule has 3 rings (SSSR count). The fourth-order valence-electron chi connectivity index (χ4n) is 2.72. The van der Waals surface area contributed by atoms with Crippen LogP contribution in [-0.2, 0) is 11.3 Å². The van der Waals surface area contributed by atoms with Crippen molar-refractivity contribution in [2.45, 2.75) is 26.8 Å². The summed E-state index contributed by atoms with van der Waals surface area (Å²) in [4.78, 5) is 24.0. The molecular formula is C18H22N4O4. The summed E-state index contributed by atoms with van der Waals surface area (Å²) in [5, 5.41) is 9.76. The number of nitrogens with one attached hydrogen (secondary N) is 2. The highest BCUT2D eigenvalue weighted by molar-refractivity contribution is 5.97. The van der Waals surface area contributed by atoms with Gasteiger partial charge in [0.05, 0.1) is 12.2 Å². The van der Waals surface area contributed by atoms with Crippen molar-refractivity contribution in [1.29, 1.82) is 0 Å². The number of aryl methyl sites for hydroxylation is 3. The van der Waals surface area contributed by atoms with Crippen molar-refractivity contribution in [3.8, 4) is 11.5 Å². The molecule has 2 amide bonds. The number of aromatic nitrogens is 2. The van der Waals surface area contributed by atoms with Crippen molar-refractivity contribution < 1.29 is 19.1 Å². The fraction of sp³-hybridized carbons (Fsp3) is 0.389. The molecule has 26 heavy (non-hydrogen) atoms. The maximum atomic E-state index is 12.1. The minimum absolute atomic E-state index is 0.0762. The van der Waals surface area contributed by atoms with Crippen LogP contribution in [0.2, 0.25) is 0 Å². The monoisotopic (exact) mass is 358 g/mol. The van der Waals surface area contributed by atoms with Gasteiger partial charge in [-0.05, 0) is 44.5 Å². The normalized spacial score (nSPS) is 12.1. The molecule has 1 aliphatic rings. The van der Waals surface area contributed by atoms with E-state index in [1.165, 1.54) is 0 Å². The molecule has 8 heteroatoms. The number of hydrogen-bond donors (Lipinski definition) is 2. The maximum absolute atomic E-state index is 12.1. The quantitative estimate of drug-likeness (QED) is 0.725. The van der Waals surface area contributed by atoms with Gasteiger partial charge in [-0.15, -0.1) is 0 Å². The zero-order valence-electron chi connectivity index (χ0n) is 14.9. The van der Waals surface area contributed by atoms with E-state index in [0.29, 0.717) is 23.6 Å². The van der Waals surface area contributed by atoms with Crippen molar-refractivity contribution >= 4 is 11.8 Å². The first-order valence-corrected chi connectivity index (χ1v) is 8.48. The minimum Gasteiger partial charge on any atom is -0.454 e. The third-order valence-corrected chi connectivity index (χ3v) is 4.02. The maximum Gasteiger partial charge on any atom is 0.251 e. The number of carbonyl (C=O) groups is 2. The summed E-state index contributed by atoms with van der Waals surface area (Å²) in [6.45, 7) is 5.30. The predicted octanol–water partition coefficient (Wildman–Crippen LogP) is 1.16. The van der Waals surface area contributed by atoms with Crippen molar-refractivity contribution in [3.63, 3.8) is 0 Å². The van der Waals surface area contributed by atoms with Crippen LogP contribution in [0.3, 0.4) is 0 Å². The van der Waals surface area contributed by atoms with Crippen LogP contribution in [0.4, 0.5) is 0 Å². The van der Waals surface area contributed by atoms with Crippen LogP contribution in [0.15, 0.2) is 24.3 Å². The van der Waals surface area contributed by atoms with Crippen LogP contribution in [0, 0.1) is 13.8 Å². The van der Waals surface area contributed by atoms with Gasteiger partial charge in [0.1, 0.15) is 0 Å². The van der Waals surface area contributed by atoms with Gasteiger partial charge in [0.2, 0.25) is 12.7 Å². The van der Waals surface area contributed by atoms with Gasteiger partial charge >= 0.3 is 0 Å². The van der Waals surface area contributed by atoms with Crippen LogP contribution in [-0.4, -0.2) is 41.5 Å². The van der Waals surface area contributed by atoms with E-state index in [2.05, 4.69) is 15.7 Å². The van der Waals surface area contributed by atoms with Gasteiger partial charge in [0, 0.05) is 24.3 Å². The largest absolute Gasteiger partial charge is 0.454 e. The average molecular weight is 358 g/mol. The van der Waals surface area contributed by atoms with E-state index in [1.54, 1.807) is 18.2 Å². The van der Waals surface area contributed by atoms with Crippen molar-refractivity contribution in [1.82, 2.24) is 20.4 Å². The highest BCUT2D eigenvalue weighted by Crippen LogP contribution is 2.32. The molecule has 2 N–H and O–H groups in total. The van der Waals surface area contributed by atoms with Crippen LogP contribution in [0.1, 0.15) is 28.2 Å². The molecule has 0 bridgehead atoms. The summed E-state index contributed by atoms with van der Waals surface area (Å²) < 4.78 is 12.4.